The van der Waals surface area contributed by atoms with Crippen molar-refractivity contribution >= 4 is 11.7 Å². The molecule has 0 atom stereocenters. The quantitative estimate of drug-likeness (QED) is 0.843. The van der Waals surface area contributed by atoms with Crippen LogP contribution in [0.25, 0.3) is 0 Å². The second-order valence-corrected chi connectivity index (χ2v) is 5.50. The van der Waals surface area contributed by atoms with Gasteiger partial charge in [-0.2, -0.15) is 0 Å². The summed E-state index contributed by atoms with van der Waals surface area (Å²) in [5, 5.41) is 2.61. The van der Waals surface area contributed by atoms with Crippen LogP contribution in [0.3, 0.4) is 0 Å². The maximum atomic E-state index is 12.1. The van der Waals surface area contributed by atoms with Crippen LogP contribution < -0.4 is 14.8 Å². The van der Waals surface area contributed by atoms with E-state index in [1.807, 2.05) is 13.8 Å². The first-order valence-corrected chi connectivity index (χ1v) is 6.78. The van der Waals surface area contributed by atoms with E-state index in [-0.39, 0.29) is 18.3 Å². The molecule has 1 aliphatic heterocycles. The van der Waals surface area contributed by atoms with E-state index in [4.69, 9.17) is 9.47 Å². The fraction of sp³-hybridized carbons (Fsp3) is 0.375. The first-order chi connectivity index (χ1) is 9.91. The third-order valence-electron chi connectivity index (χ3n) is 3.04. The predicted octanol–water partition coefficient (Wildman–Crippen LogP) is 2.11. The van der Waals surface area contributed by atoms with Crippen molar-refractivity contribution in [3.8, 4) is 11.5 Å². The first kappa shape index (κ1) is 15.1. The number of ketones is 1. The van der Waals surface area contributed by atoms with Gasteiger partial charge in [0, 0.05) is 6.54 Å². The van der Waals surface area contributed by atoms with E-state index in [0.717, 1.165) is 0 Å². The van der Waals surface area contributed by atoms with Gasteiger partial charge in [-0.3, -0.25) is 9.59 Å². The average Bonchev–Trinajstić information content (AvgIpc) is 2.42. The Morgan fingerprint density at radius 2 is 2.29 bits per heavy atom. The molecule has 0 bridgehead atoms. The molecule has 112 valence electrons. The molecule has 0 aromatic heterocycles. The molecule has 1 aromatic rings. The molecule has 0 aliphatic carbocycles. The van der Waals surface area contributed by atoms with Crippen molar-refractivity contribution in [2.24, 2.45) is 0 Å². The molecule has 1 heterocycles. The number of amides is 1. The van der Waals surface area contributed by atoms with Crippen LogP contribution in [0.15, 0.2) is 30.9 Å². The molecule has 5 heteroatoms. The number of Topliss-reactive ketones (excluding diaryl/α,β-unsaturated/α-hetero) is 1. The van der Waals surface area contributed by atoms with Gasteiger partial charge in [0.1, 0.15) is 17.1 Å². The summed E-state index contributed by atoms with van der Waals surface area (Å²) in [6, 6.07) is 5.01. The van der Waals surface area contributed by atoms with Crippen LogP contribution in [0.1, 0.15) is 30.6 Å². The zero-order valence-electron chi connectivity index (χ0n) is 12.3. The van der Waals surface area contributed by atoms with E-state index in [2.05, 4.69) is 11.9 Å². The molecule has 21 heavy (non-hydrogen) atoms. The summed E-state index contributed by atoms with van der Waals surface area (Å²) in [6.45, 7) is 7.56. The van der Waals surface area contributed by atoms with Gasteiger partial charge in [0.2, 0.25) is 0 Å². The molecule has 0 spiro atoms. The number of hydrogen-bond acceptors (Lipinski definition) is 4. The minimum absolute atomic E-state index is 0.0165. The van der Waals surface area contributed by atoms with Crippen molar-refractivity contribution < 1.29 is 19.1 Å². The Kier molecular flexibility index (Phi) is 4.31. The molecule has 1 aromatic carbocycles. The Bertz CT molecular complexity index is 578. The Hall–Kier alpha value is -2.30. The Morgan fingerprint density at radius 1 is 1.52 bits per heavy atom. The van der Waals surface area contributed by atoms with Gasteiger partial charge in [-0.15, -0.1) is 6.58 Å². The van der Waals surface area contributed by atoms with Gasteiger partial charge >= 0.3 is 0 Å². The lowest BCUT2D eigenvalue weighted by atomic mass is 9.93. The minimum atomic E-state index is -0.489. The summed E-state index contributed by atoms with van der Waals surface area (Å²) < 4.78 is 11.1. The molecule has 0 saturated carbocycles. The van der Waals surface area contributed by atoms with Crippen molar-refractivity contribution in [1.29, 1.82) is 0 Å². The highest BCUT2D eigenvalue weighted by Gasteiger charge is 2.32. The number of rotatable bonds is 5. The smallest absolute Gasteiger partial charge is 0.258 e. The van der Waals surface area contributed by atoms with Gasteiger partial charge < -0.3 is 14.8 Å². The van der Waals surface area contributed by atoms with E-state index in [1.54, 1.807) is 24.3 Å². The molecule has 1 amide bonds. The lowest BCUT2D eigenvalue weighted by molar-refractivity contribution is -0.122. The van der Waals surface area contributed by atoms with E-state index in [9.17, 15) is 9.59 Å². The molecular weight excluding hydrogens is 270 g/mol. The van der Waals surface area contributed by atoms with Crippen LogP contribution in [0.2, 0.25) is 0 Å². The van der Waals surface area contributed by atoms with Crippen LogP contribution in [-0.2, 0) is 4.79 Å². The van der Waals surface area contributed by atoms with Crippen molar-refractivity contribution in [2.45, 2.75) is 25.9 Å². The standard InChI is InChI=1S/C16H19NO4/c1-4-7-17-15(19)10-20-11-5-6-14-12(8-11)13(18)9-16(2,3)21-14/h4-6,8H,1,7,9-10H2,2-3H3,(H,17,19). The third-order valence-corrected chi connectivity index (χ3v) is 3.04. The fourth-order valence-corrected chi connectivity index (χ4v) is 2.11. The lowest BCUT2D eigenvalue weighted by Crippen LogP contribution is -2.35. The van der Waals surface area contributed by atoms with Gasteiger partial charge in [0.15, 0.2) is 12.4 Å². The summed E-state index contributed by atoms with van der Waals surface area (Å²) >= 11 is 0. The van der Waals surface area contributed by atoms with E-state index in [0.29, 0.717) is 30.0 Å². The molecule has 0 saturated heterocycles. The van der Waals surface area contributed by atoms with Gasteiger partial charge in [-0.25, -0.2) is 0 Å². The van der Waals surface area contributed by atoms with Crippen LogP contribution in [0, 0.1) is 0 Å². The summed E-state index contributed by atoms with van der Waals surface area (Å²) in [5.41, 5.74) is 0.00939. The maximum Gasteiger partial charge on any atom is 0.258 e. The molecule has 0 radical (unpaired) electrons. The molecule has 1 aliphatic rings. The number of hydrogen-bond donors (Lipinski definition) is 1. The third kappa shape index (κ3) is 3.84. The SMILES string of the molecule is C=CCNC(=O)COc1ccc2c(c1)C(=O)CC(C)(C)O2. The number of carbonyl (C=O) groups is 2. The molecule has 0 unspecified atom stereocenters. The summed E-state index contributed by atoms with van der Waals surface area (Å²) in [6.07, 6.45) is 1.91. The predicted molar refractivity (Wildman–Crippen MR) is 78.8 cm³/mol. The number of ether oxygens (including phenoxy) is 2. The van der Waals surface area contributed by atoms with Crippen molar-refractivity contribution in [3.05, 3.63) is 36.4 Å². The van der Waals surface area contributed by atoms with Gasteiger partial charge in [0.05, 0.1) is 12.0 Å². The molecule has 1 N–H and O–H groups in total. The number of fused-ring (bicyclic) bond motifs is 1. The van der Waals surface area contributed by atoms with Gasteiger partial charge in [0.25, 0.3) is 5.91 Å². The highest BCUT2D eigenvalue weighted by Crippen LogP contribution is 2.35. The minimum Gasteiger partial charge on any atom is -0.487 e. The van der Waals surface area contributed by atoms with Gasteiger partial charge in [-0.05, 0) is 32.0 Å². The van der Waals surface area contributed by atoms with Crippen LogP contribution >= 0.6 is 0 Å². The second kappa shape index (κ2) is 5.99. The molecule has 5 nitrogen and oxygen atoms in total. The fourth-order valence-electron chi connectivity index (χ4n) is 2.11. The molecule has 0 fully saturated rings. The lowest BCUT2D eigenvalue weighted by Gasteiger charge is -2.31. The molecular formula is C16H19NO4. The largest absolute Gasteiger partial charge is 0.487 e. The summed E-state index contributed by atoms with van der Waals surface area (Å²) in [4.78, 5) is 23.5. The Labute approximate surface area is 123 Å². The Morgan fingerprint density at radius 3 is 3.00 bits per heavy atom. The van der Waals surface area contributed by atoms with Crippen LogP contribution in [0.5, 0.6) is 11.5 Å². The van der Waals surface area contributed by atoms with E-state index >= 15 is 0 Å². The van der Waals surface area contributed by atoms with Crippen molar-refractivity contribution in [2.75, 3.05) is 13.2 Å². The number of carbonyl (C=O) groups excluding carboxylic acids is 2. The molecule has 2 rings (SSSR count). The monoisotopic (exact) mass is 289 g/mol. The maximum absolute atomic E-state index is 12.1. The topological polar surface area (TPSA) is 64.6 Å². The second-order valence-electron chi connectivity index (χ2n) is 5.50. The highest BCUT2D eigenvalue weighted by molar-refractivity contribution is 6.00. The summed E-state index contributed by atoms with van der Waals surface area (Å²) in [5.74, 6) is 0.804. The normalized spacial score (nSPS) is 15.6. The van der Waals surface area contributed by atoms with Crippen molar-refractivity contribution in [3.63, 3.8) is 0 Å². The van der Waals surface area contributed by atoms with E-state index in [1.165, 1.54) is 0 Å². The van der Waals surface area contributed by atoms with Crippen LogP contribution in [0.4, 0.5) is 0 Å². The van der Waals surface area contributed by atoms with Gasteiger partial charge in [-0.1, -0.05) is 6.08 Å². The average molecular weight is 289 g/mol. The number of nitrogens with one attached hydrogen (secondary N) is 1. The zero-order chi connectivity index (χ0) is 15.5. The van der Waals surface area contributed by atoms with Crippen LogP contribution in [-0.4, -0.2) is 30.4 Å². The summed E-state index contributed by atoms with van der Waals surface area (Å²) in [7, 11) is 0. The highest BCUT2D eigenvalue weighted by atomic mass is 16.5. The van der Waals surface area contributed by atoms with Crippen molar-refractivity contribution in [1.82, 2.24) is 5.32 Å². The first-order valence-electron chi connectivity index (χ1n) is 6.78. The number of benzene rings is 1. The van der Waals surface area contributed by atoms with E-state index < -0.39 is 5.60 Å². The zero-order valence-corrected chi connectivity index (χ0v) is 12.3. The Balaban J connectivity index is 2.05.